The van der Waals surface area contributed by atoms with Crippen molar-refractivity contribution in [2.24, 2.45) is 0 Å². The maximum Gasteiger partial charge on any atom is 0.410 e. The van der Waals surface area contributed by atoms with Crippen LogP contribution in [0.3, 0.4) is 0 Å². The van der Waals surface area contributed by atoms with Gasteiger partial charge in [-0.1, -0.05) is 12.8 Å². The lowest BCUT2D eigenvalue weighted by molar-refractivity contribution is 0.00665. The molecular formula is C17H36N2O3. The number of hydrogen-bond donors (Lipinski definition) is 2. The lowest BCUT2D eigenvalue weighted by Crippen LogP contribution is -2.50. The molecule has 0 unspecified atom stereocenters. The number of hydrogen-bond acceptors (Lipinski definition) is 4. The van der Waals surface area contributed by atoms with Gasteiger partial charge >= 0.3 is 6.09 Å². The summed E-state index contributed by atoms with van der Waals surface area (Å²) >= 11 is 0. The van der Waals surface area contributed by atoms with Crippen LogP contribution in [0.25, 0.3) is 0 Å². The van der Waals surface area contributed by atoms with E-state index in [1.54, 1.807) is 4.90 Å². The first-order chi connectivity index (χ1) is 10.1. The average molecular weight is 316 g/mol. The monoisotopic (exact) mass is 316 g/mol. The lowest BCUT2D eigenvalue weighted by Gasteiger charge is -2.36. The van der Waals surface area contributed by atoms with Gasteiger partial charge in [-0.25, -0.2) is 4.79 Å². The second-order valence-electron chi connectivity index (χ2n) is 7.69. The third-order valence-electron chi connectivity index (χ3n) is 3.20. The summed E-state index contributed by atoms with van der Waals surface area (Å²) in [5.41, 5.74) is -0.730. The Morgan fingerprint density at radius 1 is 1.00 bits per heavy atom. The zero-order chi connectivity index (χ0) is 17.2. The summed E-state index contributed by atoms with van der Waals surface area (Å²) in [6, 6.07) is 0. The van der Waals surface area contributed by atoms with E-state index < -0.39 is 5.60 Å². The minimum Gasteiger partial charge on any atom is -0.444 e. The summed E-state index contributed by atoms with van der Waals surface area (Å²) in [5, 5.41) is 12.1. The van der Waals surface area contributed by atoms with Gasteiger partial charge in [0.1, 0.15) is 5.60 Å². The fourth-order valence-corrected chi connectivity index (χ4v) is 2.05. The Morgan fingerprint density at radius 3 is 2.09 bits per heavy atom. The zero-order valence-corrected chi connectivity index (χ0v) is 15.4. The molecule has 0 radical (unpaired) electrons. The molecule has 1 amide bonds. The largest absolute Gasteiger partial charge is 0.444 e. The highest BCUT2D eigenvalue weighted by atomic mass is 16.6. The van der Waals surface area contributed by atoms with Crippen LogP contribution < -0.4 is 5.32 Å². The van der Waals surface area contributed by atoms with Gasteiger partial charge in [-0.2, -0.15) is 0 Å². The first-order valence-corrected chi connectivity index (χ1v) is 8.40. The van der Waals surface area contributed by atoms with Gasteiger partial charge in [0.25, 0.3) is 0 Å². The Kier molecular flexibility index (Phi) is 9.69. The molecule has 132 valence electrons. The second-order valence-corrected chi connectivity index (χ2v) is 7.69. The number of carbonyl (C=O) groups excluding carboxylic acids is 1. The van der Waals surface area contributed by atoms with Gasteiger partial charge in [0.15, 0.2) is 0 Å². The molecule has 2 N–H and O–H groups in total. The van der Waals surface area contributed by atoms with Gasteiger partial charge in [-0.3, -0.25) is 0 Å². The highest BCUT2D eigenvalue weighted by molar-refractivity contribution is 5.69. The number of rotatable bonds is 9. The van der Waals surface area contributed by atoms with Gasteiger partial charge in [0, 0.05) is 25.2 Å². The highest BCUT2D eigenvalue weighted by Gasteiger charge is 2.30. The summed E-state index contributed by atoms with van der Waals surface area (Å²) < 4.78 is 5.48. The van der Waals surface area contributed by atoms with E-state index in [1.165, 1.54) is 0 Å². The molecule has 0 atom stereocenters. The van der Waals surface area contributed by atoms with Gasteiger partial charge in [0.2, 0.25) is 0 Å². The standard InChI is InChI=1S/C17H36N2O3/c1-16(2,3)19(15(21)22-17(4,5)6)13-12-18-11-9-7-8-10-14-20/h18,20H,7-14H2,1-6H3. The van der Waals surface area contributed by atoms with Crippen molar-refractivity contribution in [1.82, 2.24) is 10.2 Å². The number of amides is 1. The van der Waals surface area contributed by atoms with Crippen molar-refractivity contribution in [3.05, 3.63) is 0 Å². The summed E-state index contributed by atoms with van der Waals surface area (Å²) in [6.07, 6.45) is 3.93. The molecule has 0 aliphatic carbocycles. The predicted octanol–water partition coefficient (Wildman–Crippen LogP) is 3.16. The number of nitrogens with one attached hydrogen (secondary N) is 1. The smallest absolute Gasteiger partial charge is 0.410 e. The van der Waals surface area contributed by atoms with E-state index in [-0.39, 0.29) is 18.2 Å². The summed E-state index contributed by atoms with van der Waals surface area (Å²) in [5.74, 6) is 0. The van der Waals surface area contributed by atoms with E-state index in [0.717, 1.165) is 38.8 Å². The molecule has 0 saturated carbocycles. The zero-order valence-electron chi connectivity index (χ0n) is 15.4. The summed E-state index contributed by atoms with van der Waals surface area (Å²) in [6.45, 7) is 14.3. The second kappa shape index (κ2) is 10.1. The number of carbonyl (C=O) groups is 1. The van der Waals surface area contributed by atoms with E-state index in [2.05, 4.69) is 5.32 Å². The van der Waals surface area contributed by atoms with Crippen molar-refractivity contribution in [3.63, 3.8) is 0 Å². The Morgan fingerprint density at radius 2 is 1.59 bits per heavy atom. The van der Waals surface area contributed by atoms with Crippen LogP contribution in [0, 0.1) is 0 Å². The van der Waals surface area contributed by atoms with Gasteiger partial charge in [0.05, 0.1) is 0 Å². The molecule has 0 aromatic carbocycles. The first-order valence-electron chi connectivity index (χ1n) is 8.40. The Balaban J connectivity index is 4.10. The SMILES string of the molecule is CC(C)(C)OC(=O)N(CCNCCCCCCO)C(C)(C)C. The van der Waals surface area contributed by atoms with Crippen molar-refractivity contribution in [3.8, 4) is 0 Å². The number of nitrogens with zero attached hydrogens (tertiary/aromatic N) is 1. The fourth-order valence-electron chi connectivity index (χ4n) is 2.05. The lowest BCUT2D eigenvalue weighted by atomic mass is 10.1. The minimum atomic E-state index is -0.472. The van der Waals surface area contributed by atoms with E-state index in [1.807, 2.05) is 41.5 Å². The van der Waals surface area contributed by atoms with Crippen molar-refractivity contribution in [1.29, 1.82) is 0 Å². The van der Waals surface area contributed by atoms with Crippen LogP contribution in [0.4, 0.5) is 4.79 Å². The molecule has 5 nitrogen and oxygen atoms in total. The van der Waals surface area contributed by atoms with Crippen LogP contribution in [0.5, 0.6) is 0 Å². The van der Waals surface area contributed by atoms with Crippen molar-refractivity contribution in [2.75, 3.05) is 26.2 Å². The van der Waals surface area contributed by atoms with Crippen LogP contribution in [-0.2, 0) is 4.74 Å². The molecule has 0 saturated heterocycles. The normalized spacial score (nSPS) is 12.3. The maximum absolute atomic E-state index is 12.3. The molecule has 22 heavy (non-hydrogen) atoms. The topological polar surface area (TPSA) is 61.8 Å². The van der Waals surface area contributed by atoms with E-state index in [9.17, 15) is 4.79 Å². The molecule has 0 aliphatic heterocycles. The fraction of sp³-hybridized carbons (Fsp3) is 0.941. The van der Waals surface area contributed by atoms with Gasteiger partial charge in [-0.05, 0) is 60.9 Å². The number of unbranched alkanes of at least 4 members (excludes halogenated alkanes) is 3. The van der Waals surface area contributed by atoms with Crippen LogP contribution in [0.15, 0.2) is 0 Å². The van der Waals surface area contributed by atoms with E-state index >= 15 is 0 Å². The summed E-state index contributed by atoms with van der Waals surface area (Å²) in [4.78, 5) is 14.1. The minimum absolute atomic E-state index is 0.259. The molecule has 5 heteroatoms. The molecule has 0 rings (SSSR count). The van der Waals surface area contributed by atoms with E-state index in [4.69, 9.17) is 9.84 Å². The van der Waals surface area contributed by atoms with Gasteiger partial charge < -0.3 is 20.1 Å². The number of aliphatic hydroxyl groups is 1. The van der Waals surface area contributed by atoms with Crippen molar-refractivity contribution >= 4 is 6.09 Å². The Hall–Kier alpha value is -0.810. The van der Waals surface area contributed by atoms with Crippen molar-refractivity contribution in [2.45, 2.75) is 78.4 Å². The summed E-state index contributed by atoms with van der Waals surface area (Å²) in [7, 11) is 0. The molecular weight excluding hydrogens is 280 g/mol. The Labute approximate surface area is 136 Å². The first kappa shape index (κ1) is 21.2. The molecule has 0 heterocycles. The van der Waals surface area contributed by atoms with Crippen LogP contribution in [-0.4, -0.2) is 53.5 Å². The maximum atomic E-state index is 12.3. The van der Waals surface area contributed by atoms with Crippen LogP contribution in [0.1, 0.15) is 67.2 Å². The van der Waals surface area contributed by atoms with Crippen LogP contribution >= 0.6 is 0 Å². The third kappa shape index (κ3) is 10.9. The highest BCUT2D eigenvalue weighted by Crippen LogP contribution is 2.17. The number of aliphatic hydroxyl groups excluding tert-OH is 1. The molecule has 0 aromatic heterocycles. The third-order valence-corrected chi connectivity index (χ3v) is 3.20. The van der Waals surface area contributed by atoms with Crippen LogP contribution in [0.2, 0.25) is 0 Å². The molecule has 0 fully saturated rings. The molecule has 0 aromatic rings. The van der Waals surface area contributed by atoms with Gasteiger partial charge in [-0.15, -0.1) is 0 Å². The molecule has 0 spiro atoms. The average Bonchev–Trinajstić information content (AvgIpc) is 2.33. The molecule has 0 bridgehead atoms. The Bertz CT molecular complexity index is 306. The van der Waals surface area contributed by atoms with Crippen molar-refractivity contribution < 1.29 is 14.6 Å². The number of ether oxygens (including phenoxy) is 1. The van der Waals surface area contributed by atoms with E-state index in [0.29, 0.717) is 6.54 Å². The molecule has 0 aliphatic rings. The quantitative estimate of drug-likeness (QED) is 0.641. The predicted molar refractivity (Wildman–Crippen MR) is 91.1 cm³/mol.